The normalized spacial score (nSPS) is 16.1. The summed E-state index contributed by atoms with van der Waals surface area (Å²) < 4.78 is 0. The van der Waals surface area contributed by atoms with E-state index < -0.39 is 0 Å². The maximum absolute atomic E-state index is 3.44. The van der Waals surface area contributed by atoms with E-state index in [-0.39, 0.29) is 0 Å². The van der Waals surface area contributed by atoms with Crippen molar-refractivity contribution in [1.29, 1.82) is 0 Å². The minimum absolute atomic E-state index is 0.444. The Labute approximate surface area is 121 Å². The number of benzene rings is 2. The van der Waals surface area contributed by atoms with Crippen LogP contribution in [0.25, 0.3) is 0 Å². The fourth-order valence-corrected chi connectivity index (χ4v) is 3.04. The molecule has 0 aliphatic carbocycles. The fourth-order valence-electron chi connectivity index (χ4n) is 3.04. The summed E-state index contributed by atoms with van der Waals surface area (Å²) in [5.41, 5.74) is 4.37. The van der Waals surface area contributed by atoms with Gasteiger partial charge in [-0.2, -0.15) is 0 Å². The molecule has 0 radical (unpaired) electrons. The van der Waals surface area contributed by atoms with Crippen LogP contribution in [0.2, 0.25) is 0 Å². The van der Waals surface area contributed by atoms with E-state index in [1.807, 2.05) is 0 Å². The first kappa shape index (κ1) is 13.3. The highest BCUT2D eigenvalue weighted by atomic mass is 15.1. The number of fused-ring (bicyclic) bond motifs is 1. The van der Waals surface area contributed by atoms with Gasteiger partial charge in [0.05, 0.1) is 0 Å². The summed E-state index contributed by atoms with van der Waals surface area (Å²) in [4.78, 5) is 2.54. The molecule has 0 bridgehead atoms. The smallest absolute Gasteiger partial charge is 0.0329 e. The van der Waals surface area contributed by atoms with Gasteiger partial charge in [0.15, 0.2) is 0 Å². The predicted octanol–water partition coefficient (Wildman–Crippen LogP) is 3.35. The van der Waals surface area contributed by atoms with Crippen molar-refractivity contribution >= 4 is 0 Å². The Balaban J connectivity index is 1.58. The van der Waals surface area contributed by atoms with Gasteiger partial charge in [-0.25, -0.2) is 0 Å². The molecule has 3 rings (SSSR count). The highest BCUT2D eigenvalue weighted by Gasteiger charge is 2.19. The maximum atomic E-state index is 3.44. The highest BCUT2D eigenvalue weighted by Crippen LogP contribution is 2.24. The minimum atomic E-state index is 0.444. The summed E-state index contributed by atoms with van der Waals surface area (Å²) in [7, 11) is 2.05. The molecule has 0 aromatic heterocycles. The highest BCUT2D eigenvalue weighted by molar-refractivity contribution is 5.30. The van der Waals surface area contributed by atoms with Crippen LogP contribution in [0.3, 0.4) is 0 Å². The quantitative estimate of drug-likeness (QED) is 0.893. The van der Waals surface area contributed by atoms with Crippen LogP contribution in [-0.2, 0) is 13.1 Å². The zero-order chi connectivity index (χ0) is 13.8. The Hall–Kier alpha value is -1.64. The molecule has 0 amide bonds. The average Bonchev–Trinajstić information content (AvgIpc) is 2.92. The van der Waals surface area contributed by atoms with Crippen LogP contribution in [0.4, 0.5) is 0 Å². The first-order chi connectivity index (χ1) is 9.86. The third-order valence-corrected chi connectivity index (χ3v) is 4.19. The number of hydrogen-bond donors (Lipinski definition) is 1. The zero-order valence-corrected chi connectivity index (χ0v) is 12.0. The Morgan fingerprint density at radius 3 is 2.15 bits per heavy atom. The van der Waals surface area contributed by atoms with Gasteiger partial charge in [-0.1, -0.05) is 54.6 Å². The topological polar surface area (TPSA) is 15.3 Å². The van der Waals surface area contributed by atoms with Crippen LogP contribution in [-0.4, -0.2) is 18.5 Å². The van der Waals surface area contributed by atoms with Gasteiger partial charge in [-0.3, -0.25) is 4.90 Å². The number of nitrogens with zero attached hydrogens (tertiary/aromatic N) is 1. The van der Waals surface area contributed by atoms with Crippen molar-refractivity contribution in [2.45, 2.75) is 25.6 Å². The third kappa shape index (κ3) is 2.92. The molecule has 0 saturated carbocycles. The fraction of sp³-hybridized carbons (Fsp3) is 0.333. The monoisotopic (exact) mass is 266 g/mol. The van der Waals surface area contributed by atoms with Crippen LogP contribution in [0.5, 0.6) is 0 Å². The van der Waals surface area contributed by atoms with Crippen molar-refractivity contribution in [3.63, 3.8) is 0 Å². The van der Waals surface area contributed by atoms with Gasteiger partial charge in [0, 0.05) is 25.7 Å². The third-order valence-electron chi connectivity index (χ3n) is 4.19. The standard InChI is InChI=1S/C18H22N2/c1-19-18(15-7-3-2-4-8-15)11-12-20-13-16-9-5-6-10-17(16)14-20/h2-10,18-19H,11-14H2,1H3. The van der Waals surface area contributed by atoms with E-state index in [0.717, 1.165) is 26.1 Å². The molecule has 1 aliphatic heterocycles. The van der Waals surface area contributed by atoms with Crippen LogP contribution < -0.4 is 5.32 Å². The molecule has 104 valence electrons. The van der Waals surface area contributed by atoms with Crippen molar-refractivity contribution in [1.82, 2.24) is 10.2 Å². The molecule has 0 spiro atoms. The molecule has 0 saturated heterocycles. The molecule has 2 aromatic rings. The van der Waals surface area contributed by atoms with E-state index in [1.54, 1.807) is 0 Å². The molecule has 1 heterocycles. The van der Waals surface area contributed by atoms with Crippen molar-refractivity contribution in [3.05, 3.63) is 71.3 Å². The number of nitrogens with one attached hydrogen (secondary N) is 1. The molecule has 2 heteroatoms. The summed E-state index contributed by atoms with van der Waals surface area (Å²) in [6.07, 6.45) is 1.15. The lowest BCUT2D eigenvalue weighted by Gasteiger charge is -2.21. The zero-order valence-electron chi connectivity index (χ0n) is 12.0. The average molecular weight is 266 g/mol. The Kier molecular flexibility index (Phi) is 4.14. The summed E-state index contributed by atoms with van der Waals surface area (Å²) in [5.74, 6) is 0. The van der Waals surface area contributed by atoms with Crippen molar-refractivity contribution in [3.8, 4) is 0 Å². The summed E-state index contributed by atoms with van der Waals surface area (Å²) in [6, 6.07) is 20.0. The molecule has 2 aromatic carbocycles. The van der Waals surface area contributed by atoms with Crippen LogP contribution in [0, 0.1) is 0 Å². The number of rotatable bonds is 5. The van der Waals surface area contributed by atoms with Crippen LogP contribution in [0.1, 0.15) is 29.2 Å². The molecular formula is C18H22N2. The summed E-state index contributed by atoms with van der Waals surface area (Å²) in [6.45, 7) is 3.33. The predicted molar refractivity (Wildman–Crippen MR) is 83.4 cm³/mol. The first-order valence-electron chi connectivity index (χ1n) is 7.38. The molecule has 1 aliphatic rings. The molecule has 20 heavy (non-hydrogen) atoms. The molecule has 1 atom stereocenters. The minimum Gasteiger partial charge on any atom is -0.313 e. The van der Waals surface area contributed by atoms with Crippen LogP contribution >= 0.6 is 0 Å². The van der Waals surface area contributed by atoms with Gasteiger partial charge in [0.2, 0.25) is 0 Å². The Morgan fingerprint density at radius 2 is 1.55 bits per heavy atom. The van der Waals surface area contributed by atoms with Gasteiger partial charge in [-0.15, -0.1) is 0 Å². The van der Waals surface area contributed by atoms with E-state index in [2.05, 4.69) is 71.9 Å². The summed E-state index contributed by atoms with van der Waals surface area (Å²) in [5, 5.41) is 3.44. The SMILES string of the molecule is CNC(CCN1Cc2ccccc2C1)c1ccccc1. The molecular weight excluding hydrogens is 244 g/mol. The van der Waals surface area contributed by atoms with E-state index in [9.17, 15) is 0 Å². The maximum Gasteiger partial charge on any atom is 0.0329 e. The van der Waals surface area contributed by atoms with Gasteiger partial charge in [0.25, 0.3) is 0 Å². The van der Waals surface area contributed by atoms with Gasteiger partial charge >= 0.3 is 0 Å². The lowest BCUT2D eigenvalue weighted by molar-refractivity contribution is 0.266. The van der Waals surface area contributed by atoms with Crippen molar-refractivity contribution in [2.75, 3.05) is 13.6 Å². The molecule has 1 N–H and O–H groups in total. The number of hydrogen-bond acceptors (Lipinski definition) is 2. The van der Waals surface area contributed by atoms with Crippen molar-refractivity contribution in [2.24, 2.45) is 0 Å². The van der Waals surface area contributed by atoms with E-state index >= 15 is 0 Å². The molecule has 2 nitrogen and oxygen atoms in total. The second kappa shape index (κ2) is 6.21. The van der Waals surface area contributed by atoms with E-state index in [4.69, 9.17) is 0 Å². The van der Waals surface area contributed by atoms with Gasteiger partial charge in [-0.05, 0) is 30.2 Å². The molecule has 1 unspecified atom stereocenters. The summed E-state index contributed by atoms with van der Waals surface area (Å²) >= 11 is 0. The van der Waals surface area contributed by atoms with Crippen LogP contribution in [0.15, 0.2) is 54.6 Å². The second-order valence-corrected chi connectivity index (χ2v) is 5.52. The lowest BCUT2D eigenvalue weighted by atomic mass is 10.0. The van der Waals surface area contributed by atoms with E-state index in [0.29, 0.717) is 6.04 Å². The van der Waals surface area contributed by atoms with Crippen molar-refractivity contribution < 1.29 is 0 Å². The molecule has 0 fully saturated rings. The van der Waals surface area contributed by atoms with Gasteiger partial charge < -0.3 is 5.32 Å². The van der Waals surface area contributed by atoms with Gasteiger partial charge in [0.1, 0.15) is 0 Å². The Bertz CT molecular complexity index is 525. The Morgan fingerprint density at radius 1 is 0.950 bits per heavy atom. The second-order valence-electron chi connectivity index (χ2n) is 5.52. The lowest BCUT2D eigenvalue weighted by Crippen LogP contribution is -2.24. The first-order valence-corrected chi connectivity index (χ1v) is 7.38. The van der Waals surface area contributed by atoms with E-state index in [1.165, 1.54) is 16.7 Å². The largest absolute Gasteiger partial charge is 0.313 e.